The van der Waals surface area contributed by atoms with Crippen molar-refractivity contribution in [3.8, 4) is 0 Å². The normalized spacial score (nSPS) is 21.8. The van der Waals surface area contributed by atoms with E-state index < -0.39 is 0 Å². The maximum atomic E-state index is 10.2. The van der Waals surface area contributed by atoms with Gasteiger partial charge in [0.25, 0.3) is 0 Å². The molecular weight excluding hydrogens is 346 g/mol. The maximum absolute atomic E-state index is 10.2. The minimum absolute atomic E-state index is 0.105. The van der Waals surface area contributed by atoms with Gasteiger partial charge < -0.3 is 25.0 Å². The smallest absolute Gasteiger partial charge is 0.222 e. The minimum Gasteiger partial charge on any atom is -0.391 e. The molecule has 1 fully saturated rings. The SMILES string of the molecule is CN(C)c1cc(N2C[C@H](O)C[C@@H]2CNc2ncc3c(n2)CCOC3)ncn1. The van der Waals surface area contributed by atoms with E-state index in [0.29, 0.717) is 38.7 Å². The molecule has 4 rings (SSSR count). The fourth-order valence-electron chi connectivity index (χ4n) is 3.53. The molecule has 2 aliphatic rings. The lowest BCUT2D eigenvalue weighted by molar-refractivity contribution is 0.109. The third kappa shape index (κ3) is 3.93. The van der Waals surface area contributed by atoms with Crippen molar-refractivity contribution in [1.29, 1.82) is 0 Å². The third-order valence-corrected chi connectivity index (χ3v) is 4.97. The van der Waals surface area contributed by atoms with Crippen molar-refractivity contribution in [2.24, 2.45) is 0 Å². The number of aromatic nitrogens is 4. The van der Waals surface area contributed by atoms with Crippen molar-refractivity contribution in [3.05, 3.63) is 29.8 Å². The first kappa shape index (κ1) is 17.9. The summed E-state index contributed by atoms with van der Waals surface area (Å²) in [6.45, 7) is 2.47. The Morgan fingerprint density at radius 2 is 2.22 bits per heavy atom. The highest BCUT2D eigenvalue weighted by Crippen LogP contribution is 2.26. The Bertz CT molecular complexity index is 801. The average molecular weight is 371 g/mol. The van der Waals surface area contributed by atoms with Crippen LogP contribution in [0.25, 0.3) is 0 Å². The van der Waals surface area contributed by atoms with Gasteiger partial charge in [-0.2, -0.15) is 0 Å². The van der Waals surface area contributed by atoms with Gasteiger partial charge in [-0.05, 0) is 6.42 Å². The summed E-state index contributed by atoms with van der Waals surface area (Å²) in [5.74, 6) is 2.28. The molecule has 9 heteroatoms. The average Bonchev–Trinajstić information content (AvgIpc) is 3.07. The Labute approximate surface area is 158 Å². The lowest BCUT2D eigenvalue weighted by Gasteiger charge is -2.26. The minimum atomic E-state index is -0.379. The molecule has 0 spiro atoms. The Hall–Kier alpha value is -2.52. The highest BCUT2D eigenvalue weighted by atomic mass is 16.5. The second-order valence-electron chi connectivity index (χ2n) is 7.17. The van der Waals surface area contributed by atoms with Gasteiger partial charge in [0, 0.05) is 51.4 Å². The first-order valence-corrected chi connectivity index (χ1v) is 9.20. The summed E-state index contributed by atoms with van der Waals surface area (Å²) in [5.41, 5.74) is 2.11. The largest absolute Gasteiger partial charge is 0.391 e. The van der Waals surface area contributed by atoms with Crippen molar-refractivity contribution in [2.75, 3.05) is 48.9 Å². The van der Waals surface area contributed by atoms with Crippen molar-refractivity contribution >= 4 is 17.6 Å². The fraction of sp³-hybridized carbons (Fsp3) is 0.556. The Kier molecular flexibility index (Phi) is 5.04. The molecule has 0 aromatic carbocycles. The quantitative estimate of drug-likeness (QED) is 0.776. The van der Waals surface area contributed by atoms with Crippen molar-refractivity contribution in [3.63, 3.8) is 0 Å². The van der Waals surface area contributed by atoms with E-state index in [1.165, 1.54) is 0 Å². The topological polar surface area (TPSA) is 99.5 Å². The first-order valence-electron chi connectivity index (χ1n) is 9.20. The van der Waals surface area contributed by atoms with Crippen LogP contribution < -0.4 is 15.1 Å². The summed E-state index contributed by atoms with van der Waals surface area (Å²) in [5, 5.41) is 13.5. The van der Waals surface area contributed by atoms with Crippen LogP contribution in [-0.4, -0.2) is 71.0 Å². The van der Waals surface area contributed by atoms with Crippen molar-refractivity contribution in [1.82, 2.24) is 19.9 Å². The molecule has 9 nitrogen and oxygen atoms in total. The molecule has 2 atom stereocenters. The Balaban J connectivity index is 1.46. The number of aliphatic hydroxyl groups excluding tert-OH is 1. The molecule has 0 amide bonds. The fourth-order valence-corrected chi connectivity index (χ4v) is 3.53. The number of hydrogen-bond acceptors (Lipinski definition) is 9. The van der Waals surface area contributed by atoms with Crippen LogP contribution >= 0.6 is 0 Å². The predicted octanol–water partition coefficient (Wildman–Crippen LogP) is 0.457. The molecule has 0 saturated carbocycles. The van der Waals surface area contributed by atoms with Crippen molar-refractivity contribution in [2.45, 2.75) is 31.6 Å². The van der Waals surface area contributed by atoms with Crippen LogP contribution in [0.15, 0.2) is 18.6 Å². The molecule has 0 bridgehead atoms. The highest BCUT2D eigenvalue weighted by Gasteiger charge is 2.32. The molecule has 0 unspecified atom stereocenters. The molecule has 2 aromatic heterocycles. The molecule has 4 heterocycles. The van der Waals surface area contributed by atoms with Gasteiger partial charge in [0.1, 0.15) is 18.0 Å². The van der Waals surface area contributed by atoms with Gasteiger partial charge in [-0.25, -0.2) is 19.9 Å². The van der Waals surface area contributed by atoms with Crippen molar-refractivity contribution < 1.29 is 9.84 Å². The predicted molar refractivity (Wildman–Crippen MR) is 102 cm³/mol. The van der Waals surface area contributed by atoms with Crippen LogP contribution in [0.2, 0.25) is 0 Å². The number of anilines is 3. The summed E-state index contributed by atoms with van der Waals surface area (Å²) in [7, 11) is 3.89. The van der Waals surface area contributed by atoms with E-state index in [1.54, 1.807) is 6.33 Å². The second-order valence-corrected chi connectivity index (χ2v) is 7.17. The van der Waals surface area contributed by atoms with Gasteiger partial charge in [-0.15, -0.1) is 0 Å². The highest BCUT2D eigenvalue weighted by molar-refractivity contribution is 5.51. The molecule has 27 heavy (non-hydrogen) atoms. The van der Waals surface area contributed by atoms with Gasteiger partial charge in [0.15, 0.2) is 0 Å². The van der Waals surface area contributed by atoms with Gasteiger partial charge >= 0.3 is 0 Å². The number of fused-ring (bicyclic) bond motifs is 1. The van der Waals surface area contributed by atoms with E-state index in [0.717, 1.165) is 29.3 Å². The first-order chi connectivity index (χ1) is 13.1. The number of β-amino-alcohol motifs (C(OH)–C–C–N with tert-alkyl or cyclic N) is 1. The number of ether oxygens (including phenoxy) is 1. The van der Waals surface area contributed by atoms with E-state index in [1.807, 2.05) is 31.3 Å². The summed E-state index contributed by atoms with van der Waals surface area (Å²) in [6.07, 6.45) is 4.51. The van der Waals surface area contributed by atoms with Gasteiger partial charge in [0.2, 0.25) is 5.95 Å². The van der Waals surface area contributed by atoms with Crippen LogP contribution in [0.3, 0.4) is 0 Å². The molecule has 0 aliphatic carbocycles. The van der Waals surface area contributed by atoms with E-state index >= 15 is 0 Å². The Morgan fingerprint density at radius 1 is 1.33 bits per heavy atom. The maximum Gasteiger partial charge on any atom is 0.222 e. The van der Waals surface area contributed by atoms with Gasteiger partial charge in [-0.1, -0.05) is 0 Å². The lowest BCUT2D eigenvalue weighted by Crippen LogP contribution is -2.36. The molecule has 144 valence electrons. The van der Waals surface area contributed by atoms with E-state index in [9.17, 15) is 5.11 Å². The number of nitrogens with one attached hydrogen (secondary N) is 1. The Morgan fingerprint density at radius 3 is 3.07 bits per heavy atom. The van der Waals surface area contributed by atoms with Gasteiger partial charge in [-0.3, -0.25) is 0 Å². The zero-order valence-corrected chi connectivity index (χ0v) is 15.7. The summed E-state index contributed by atoms with van der Waals surface area (Å²) < 4.78 is 5.43. The van der Waals surface area contributed by atoms with E-state index in [-0.39, 0.29) is 12.1 Å². The number of aliphatic hydroxyl groups is 1. The van der Waals surface area contributed by atoms with E-state index in [2.05, 4.69) is 30.2 Å². The van der Waals surface area contributed by atoms with Gasteiger partial charge in [0.05, 0.1) is 31.1 Å². The summed E-state index contributed by atoms with van der Waals surface area (Å²) in [4.78, 5) is 21.7. The third-order valence-electron chi connectivity index (χ3n) is 4.97. The molecule has 2 N–H and O–H groups in total. The number of hydrogen-bond donors (Lipinski definition) is 2. The second kappa shape index (κ2) is 7.61. The molecule has 2 aliphatic heterocycles. The number of nitrogens with zero attached hydrogens (tertiary/aromatic N) is 6. The van der Waals surface area contributed by atoms with E-state index in [4.69, 9.17) is 4.74 Å². The lowest BCUT2D eigenvalue weighted by atomic mass is 10.1. The molecule has 0 radical (unpaired) electrons. The summed E-state index contributed by atoms with van der Waals surface area (Å²) >= 11 is 0. The van der Waals surface area contributed by atoms with Crippen LogP contribution in [0.1, 0.15) is 17.7 Å². The standard InChI is InChI=1S/C18H25N7O2/c1-24(2)16-6-17(22-11-21-16)25-9-14(26)5-13(25)8-20-18-19-7-12-10-27-4-3-15(12)23-18/h6-7,11,13-14,26H,3-5,8-10H2,1-2H3,(H,19,20,23)/t13-,14-/m1/s1. The molecular formula is C18H25N7O2. The van der Waals surface area contributed by atoms with Crippen LogP contribution in [-0.2, 0) is 17.8 Å². The molecule has 1 saturated heterocycles. The number of rotatable bonds is 5. The van der Waals surface area contributed by atoms with Crippen LogP contribution in [0.4, 0.5) is 17.6 Å². The zero-order chi connectivity index (χ0) is 18.8. The molecule has 2 aromatic rings. The zero-order valence-electron chi connectivity index (χ0n) is 15.7. The van der Waals surface area contributed by atoms with Crippen LogP contribution in [0.5, 0.6) is 0 Å². The monoisotopic (exact) mass is 371 g/mol. The summed E-state index contributed by atoms with van der Waals surface area (Å²) in [6, 6.07) is 2.05. The van der Waals surface area contributed by atoms with Crippen LogP contribution in [0, 0.1) is 0 Å².